The normalized spacial score (nSPS) is 25.4. The summed E-state index contributed by atoms with van der Waals surface area (Å²) in [4.78, 5) is 13.4. The first-order chi connectivity index (χ1) is 6.37. The largest absolute Gasteiger partial charge is 0.397 e. The van der Waals surface area contributed by atoms with Gasteiger partial charge in [0.15, 0.2) is 0 Å². The van der Waals surface area contributed by atoms with E-state index in [1.165, 1.54) is 0 Å². The Hall–Kier alpha value is -0.570. The minimum atomic E-state index is -0.146. The molecular weight excluding hydrogens is 178 g/mol. The van der Waals surface area contributed by atoms with Gasteiger partial charge in [-0.05, 0) is 19.3 Å². The Balaban J connectivity index is 0.000000500. The smallest absolute Gasteiger partial charge is 0.228 e. The number of rotatable bonds is 0. The molecule has 0 saturated carbocycles. The third-order valence-electron chi connectivity index (χ3n) is 3.03. The van der Waals surface area contributed by atoms with Crippen LogP contribution >= 0.6 is 0 Å². The van der Waals surface area contributed by atoms with E-state index in [4.69, 9.17) is 5.11 Å². The average Bonchev–Trinajstić information content (AvgIpc) is 2.11. The predicted molar refractivity (Wildman–Crippen MR) is 58.0 cm³/mol. The van der Waals surface area contributed by atoms with Crippen LogP contribution in [-0.2, 0) is 4.79 Å². The van der Waals surface area contributed by atoms with Crippen LogP contribution in [0.2, 0.25) is 0 Å². The molecule has 1 aliphatic heterocycles. The molecule has 1 rings (SSSR count). The molecule has 0 spiro atoms. The Morgan fingerprint density at radius 2 is 2.00 bits per heavy atom. The third kappa shape index (κ3) is 2.98. The minimum Gasteiger partial charge on any atom is -0.397 e. The molecule has 84 valence electrons. The monoisotopic (exact) mass is 201 g/mol. The van der Waals surface area contributed by atoms with E-state index in [0.29, 0.717) is 5.92 Å². The van der Waals surface area contributed by atoms with Crippen LogP contribution in [0.4, 0.5) is 0 Å². The van der Waals surface area contributed by atoms with Crippen molar-refractivity contribution in [3.63, 3.8) is 0 Å². The van der Waals surface area contributed by atoms with Gasteiger partial charge in [-0.25, -0.2) is 0 Å². The molecule has 1 atom stereocenters. The van der Waals surface area contributed by atoms with E-state index in [-0.39, 0.29) is 17.9 Å². The third-order valence-corrected chi connectivity index (χ3v) is 3.03. The lowest BCUT2D eigenvalue weighted by molar-refractivity contribution is -0.146. The Kier molecular flexibility index (Phi) is 5.13. The number of carbonyl (C=O) groups excluding carboxylic acids is 1. The Morgan fingerprint density at radius 3 is 2.36 bits per heavy atom. The summed E-state index contributed by atoms with van der Waals surface area (Å²) in [6.45, 7) is 9.08. The summed E-state index contributed by atoms with van der Waals surface area (Å²) >= 11 is 0. The van der Waals surface area contributed by atoms with Crippen LogP contribution in [0.15, 0.2) is 0 Å². The standard InChI is InChI=1S/C9H17NO.C2H6O/c1-7-5-6-10(4)8(11)9(7,2)3;1-2-3/h7H,5-6H2,1-4H3;3H,2H2,1H3. The molecule has 1 saturated heterocycles. The highest BCUT2D eigenvalue weighted by molar-refractivity contribution is 5.82. The molecule has 0 aromatic rings. The highest BCUT2D eigenvalue weighted by atomic mass is 16.2. The van der Waals surface area contributed by atoms with Gasteiger partial charge in [-0.2, -0.15) is 0 Å². The second-order valence-electron chi connectivity index (χ2n) is 4.45. The van der Waals surface area contributed by atoms with Crippen molar-refractivity contribution in [2.75, 3.05) is 20.2 Å². The van der Waals surface area contributed by atoms with Gasteiger partial charge in [-0.15, -0.1) is 0 Å². The lowest BCUT2D eigenvalue weighted by atomic mass is 9.74. The zero-order valence-electron chi connectivity index (χ0n) is 10.0. The fourth-order valence-corrected chi connectivity index (χ4v) is 1.55. The summed E-state index contributed by atoms with van der Waals surface area (Å²) < 4.78 is 0. The second-order valence-corrected chi connectivity index (χ2v) is 4.45. The summed E-state index contributed by atoms with van der Waals surface area (Å²) in [6, 6.07) is 0. The first kappa shape index (κ1) is 13.4. The molecule has 3 heteroatoms. The zero-order valence-corrected chi connectivity index (χ0v) is 10.0. The van der Waals surface area contributed by atoms with Crippen molar-refractivity contribution >= 4 is 5.91 Å². The van der Waals surface area contributed by atoms with Gasteiger partial charge in [0.1, 0.15) is 0 Å². The first-order valence-electron chi connectivity index (χ1n) is 5.24. The molecule has 1 amide bonds. The van der Waals surface area contributed by atoms with Crippen LogP contribution in [0.5, 0.6) is 0 Å². The van der Waals surface area contributed by atoms with Gasteiger partial charge < -0.3 is 10.0 Å². The summed E-state index contributed by atoms with van der Waals surface area (Å²) in [5.74, 6) is 0.808. The van der Waals surface area contributed by atoms with Crippen molar-refractivity contribution in [2.45, 2.75) is 34.1 Å². The van der Waals surface area contributed by atoms with Gasteiger partial charge in [-0.3, -0.25) is 4.79 Å². The maximum atomic E-state index is 11.6. The van der Waals surface area contributed by atoms with Crippen LogP contribution in [-0.4, -0.2) is 36.1 Å². The van der Waals surface area contributed by atoms with Crippen LogP contribution in [0.1, 0.15) is 34.1 Å². The lowest BCUT2D eigenvalue weighted by Crippen LogP contribution is -2.47. The van der Waals surface area contributed by atoms with Gasteiger partial charge in [-0.1, -0.05) is 20.8 Å². The van der Waals surface area contributed by atoms with E-state index in [9.17, 15) is 4.79 Å². The van der Waals surface area contributed by atoms with E-state index in [1.807, 2.05) is 25.8 Å². The van der Waals surface area contributed by atoms with Gasteiger partial charge in [0.2, 0.25) is 5.91 Å². The Labute approximate surface area is 87.1 Å². The first-order valence-corrected chi connectivity index (χ1v) is 5.24. The number of nitrogens with zero attached hydrogens (tertiary/aromatic N) is 1. The number of hydrogen-bond acceptors (Lipinski definition) is 2. The Morgan fingerprint density at radius 1 is 1.57 bits per heavy atom. The van der Waals surface area contributed by atoms with Crippen LogP contribution < -0.4 is 0 Å². The molecule has 1 fully saturated rings. The van der Waals surface area contributed by atoms with E-state index >= 15 is 0 Å². The second kappa shape index (κ2) is 5.35. The topological polar surface area (TPSA) is 40.5 Å². The number of likely N-dealkylation sites (tertiary alicyclic amines) is 1. The molecular formula is C11H23NO2. The lowest BCUT2D eigenvalue weighted by Gasteiger charge is -2.40. The molecule has 1 aliphatic rings. The highest BCUT2D eigenvalue weighted by Crippen LogP contribution is 2.34. The highest BCUT2D eigenvalue weighted by Gasteiger charge is 2.39. The molecule has 1 unspecified atom stereocenters. The summed E-state index contributed by atoms with van der Waals surface area (Å²) in [6.07, 6.45) is 1.13. The van der Waals surface area contributed by atoms with Crippen LogP contribution in [0.25, 0.3) is 0 Å². The van der Waals surface area contributed by atoms with E-state index in [2.05, 4.69) is 6.92 Å². The average molecular weight is 201 g/mol. The number of carbonyl (C=O) groups is 1. The van der Waals surface area contributed by atoms with Crippen molar-refractivity contribution in [1.29, 1.82) is 0 Å². The number of aliphatic hydroxyl groups excluding tert-OH is 1. The van der Waals surface area contributed by atoms with Gasteiger partial charge in [0.25, 0.3) is 0 Å². The summed E-state index contributed by atoms with van der Waals surface area (Å²) in [7, 11) is 1.88. The molecule has 0 aromatic carbocycles. The molecule has 14 heavy (non-hydrogen) atoms. The van der Waals surface area contributed by atoms with E-state index < -0.39 is 0 Å². The fourth-order valence-electron chi connectivity index (χ4n) is 1.55. The summed E-state index contributed by atoms with van der Waals surface area (Å²) in [5, 5.41) is 7.57. The maximum absolute atomic E-state index is 11.6. The summed E-state index contributed by atoms with van der Waals surface area (Å²) in [5.41, 5.74) is -0.146. The maximum Gasteiger partial charge on any atom is 0.228 e. The van der Waals surface area contributed by atoms with Gasteiger partial charge >= 0.3 is 0 Å². The van der Waals surface area contributed by atoms with Crippen LogP contribution in [0, 0.1) is 11.3 Å². The molecule has 0 aliphatic carbocycles. The molecule has 1 N–H and O–H groups in total. The number of piperidine rings is 1. The number of amides is 1. The van der Waals surface area contributed by atoms with Crippen molar-refractivity contribution < 1.29 is 9.90 Å². The van der Waals surface area contributed by atoms with E-state index in [1.54, 1.807) is 6.92 Å². The van der Waals surface area contributed by atoms with Gasteiger partial charge in [0.05, 0.1) is 0 Å². The van der Waals surface area contributed by atoms with Crippen molar-refractivity contribution in [1.82, 2.24) is 4.90 Å². The predicted octanol–water partition coefficient (Wildman–Crippen LogP) is 1.51. The van der Waals surface area contributed by atoms with Crippen molar-refractivity contribution in [3.8, 4) is 0 Å². The number of hydrogen-bond donors (Lipinski definition) is 1. The quantitative estimate of drug-likeness (QED) is 0.645. The molecule has 0 bridgehead atoms. The SMILES string of the molecule is CC1CCN(C)C(=O)C1(C)C.CCO. The van der Waals surface area contributed by atoms with E-state index in [0.717, 1.165) is 13.0 Å². The van der Waals surface area contributed by atoms with Crippen LogP contribution in [0.3, 0.4) is 0 Å². The molecule has 0 aromatic heterocycles. The fraction of sp³-hybridized carbons (Fsp3) is 0.909. The number of aliphatic hydroxyl groups is 1. The molecule has 0 radical (unpaired) electrons. The minimum absolute atomic E-state index is 0.146. The molecule has 1 heterocycles. The van der Waals surface area contributed by atoms with Gasteiger partial charge in [0, 0.05) is 25.6 Å². The van der Waals surface area contributed by atoms with Crippen molar-refractivity contribution in [3.05, 3.63) is 0 Å². The zero-order chi connectivity index (χ0) is 11.4. The Bertz CT molecular complexity index is 190. The van der Waals surface area contributed by atoms with Crippen molar-refractivity contribution in [2.24, 2.45) is 11.3 Å². The molecule has 3 nitrogen and oxygen atoms in total.